The van der Waals surface area contributed by atoms with Crippen LogP contribution in [0.5, 0.6) is 0 Å². The highest BCUT2D eigenvalue weighted by molar-refractivity contribution is 6.31. The van der Waals surface area contributed by atoms with Gasteiger partial charge in [-0.05, 0) is 24.1 Å². The molecule has 0 fully saturated rings. The van der Waals surface area contributed by atoms with Crippen LogP contribution in [0.15, 0.2) is 36.8 Å². The van der Waals surface area contributed by atoms with Crippen molar-refractivity contribution < 1.29 is 0 Å². The predicted octanol–water partition coefficient (Wildman–Crippen LogP) is 3.79. The summed E-state index contributed by atoms with van der Waals surface area (Å²) in [4.78, 5) is 10.7. The Balaban J connectivity index is 1.76. The molecule has 4 nitrogen and oxygen atoms in total. The minimum atomic E-state index is 0.238. The van der Waals surface area contributed by atoms with E-state index in [0.717, 1.165) is 29.3 Å². The summed E-state index contributed by atoms with van der Waals surface area (Å²) in [5.74, 6) is 0.982. The molecule has 104 valence electrons. The van der Waals surface area contributed by atoms with Crippen LogP contribution in [0.2, 0.25) is 5.02 Å². The van der Waals surface area contributed by atoms with E-state index < -0.39 is 0 Å². The topological polar surface area (TPSA) is 56.5 Å². The van der Waals surface area contributed by atoms with Crippen molar-refractivity contribution in [3.05, 3.63) is 53.2 Å². The molecule has 0 saturated heterocycles. The molecule has 5 heteroatoms. The van der Waals surface area contributed by atoms with Crippen LogP contribution < -0.4 is 5.32 Å². The molecule has 1 aromatic carbocycles. The molecule has 0 spiro atoms. The Morgan fingerprint density at radius 3 is 3.00 bits per heavy atom. The van der Waals surface area contributed by atoms with Crippen LogP contribution in [-0.4, -0.2) is 15.0 Å². The Kier molecular flexibility index (Phi) is 3.76. The number of fused-ring (bicyclic) bond motifs is 1. The fourth-order valence-corrected chi connectivity index (χ4v) is 2.61. The van der Waals surface area contributed by atoms with Crippen LogP contribution >= 0.6 is 11.6 Å². The predicted molar refractivity (Wildman–Crippen MR) is 81.8 cm³/mol. The first-order chi connectivity index (χ1) is 9.78. The lowest BCUT2D eigenvalue weighted by Crippen LogP contribution is -2.21. The Labute approximate surface area is 122 Å². The van der Waals surface area contributed by atoms with Crippen LogP contribution in [0.25, 0.3) is 10.9 Å². The smallest absolute Gasteiger partial charge is 0.123 e. The standard InChI is InChI=1S/C15H17ClN4/c1-2-13(15-17-5-6-18-15)19-8-10-9-20-14-7-11(16)3-4-12(10)14/h3-7,9,13,19-20H,2,8H2,1H3,(H,17,18). The molecule has 1 atom stereocenters. The number of benzene rings is 1. The molecule has 0 aliphatic rings. The average Bonchev–Trinajstić information content (AvgIpc) is 3.09. The van der Waals surface area contributed by atoms with E-state index >= 15 is 0 Å². The van der Waals surface area contributed by atoms with Gasteiger partial charge >= 0.3 is 0 Å². The van der Waals surface area contributed by atoms with Crippen LogP contribution in [0, 0.1) is 0 Å². The summed E-state index contributed by atoms with van der Waals surface area (Å²) in [5.41, 5.74) is 2.31. The first-order valence-corrected chi connectivity index (χ1v) is 7.14. The maximum atomic E-state index is 6.00. The van der Waals surface area contributed by atoms with Crippen molar-refractivity contribution in [1.29, 1.82) is 0 Å². The zero-order valence-electron chi connectivity index (χ0n) is 11.3. The minimum absolute atomic E-state index is 0.238. The van der Waals surface area contributed by atoms with E-state index in [1.54, 1.807) is 6.20 Å². The van der Waals surface area contributed by atoms with Gasteiger partial charge in [0.25, 0.3) is 0 Å². The molecule has 0 radical (unpaired) electrons. The van der Waals surface area contributed by atoms with Crippen molar-refractivity contribution in [3.8, 4) is 0 Å². The maximum absolute atomic E-state index is 6.00. The first-order valence-electron chi connectivity index (χ1n) is 6.76. The van der Waals surface area contributed by atoms with E-state index in [0.29, 0.717) is 0 Å². The minimum Gasteiger partial charge on any atom is -0.361 e. The molecule has 1 unspecified atom stereocenters. The van der Waals surface area contributed by atoms with Crippen LogP contribution in [0.1, 0.15) is 30.8 Å². The SMILES string of the molecule is CCC(NCc1c[nH]c2cc(Cl)ccc12)c1ncc[nH]1. The quantitative estimate of drug-likeness (QED) is 0.669. The van der Waals surface area contributed by atoms with E-state index in [-0.39, 0.29) is 6.04 Å². The second kappa shape index (κ2) is 5.69. The summed E-state index contributed by atoms with van der Waals surface area (Å²) in [6.45, 7) is 2.94. The molecular weight excluding hydrogens is 272 g/mol. The fourth-order valence-electron chi connectivity index (χ4n) is 2.44. The number of nitrogens with zero attached hydrogens (tertiary/aromatic N) is 1. The lowest BCUT2D eigenvalue weighted by atomic mass is 10.1. The first kappa shape index (κ1) is 13.2. The molecule has 2 aromatic heterocycles. The molecule has 0 aliphatic carbocycles. The van der Waals surface area contributed by atoms with E-state index in [4.69, 9.17) is 11.6 Å². The normalized spacial score (nSPS) is 12.9. The van der Waals surface area contributed by atoms with Gasteiger partial charge in [0.05, 0.1) is 6.04 Å². The van der Waals surface area contributed by atoms with Gasteiger partial charge in [0.15, 0.2) is 0 Å². The van der Waals surface area contributed by atoms with Gasteiger partial charge in [-0.25, -0.2) is 4.98 Å². The average molecular weight is 289 g/mol. The zero-order valence-corrected chi connectivity index (χ0v) is 12.0. The van der Waals surface area contributed by atoms with Gasteiger partial charge in [0.1, 0.15) is 5.82 Å². The van der Waals surface area contributed by atoms with Crippen molar-refractivity contribution in [2.45, 2.75) is 25.9 Å². The Hall–Kier alpha value is -1.78. The lowest BCUT2D eigenvalue weighted by molar-refractivity contribution is 0.499. The number of H-pyrrole nitrogens is 2. The van der Waals surface area contributed by atoms with Crippen LogP contribution in [0.4, 0.5) is 0 Å². The summed E-state index contributed by atoms with van der Waals surface area (Å²) in [7, 11) is 0. The lowest BCUT2D eigenvalue weighted by Gasteiger charge is -2.14. The number of aromatic nitrogens is 3. The second-order valence-electron chi connectivity index (χ2n) is 4.82. The highest BCUT2D eigenvalue weighted by Gasteiger charge is 2.12. The molecule has 3 N–H and O–H groups in total. The number of rotatable bonds is 5. The van der Waals surface area contributed by atoms with Crippen LogP contribution in [0.3, 0.4) is 0 Å². The van der Waals surface area contributed by atoms with Crippen molar-refractivity contribution in [1.82, 2.24) is 20.3 Å². The monoisotopic (exact) mass is 288 g/mol. The van der Waals surface area contributed by atoms with Crippen molar-refractivity contribution in [2.75, 3.05) is 0 Å². The second-order valence-corrected chi connectivity index (χ2v) is 5.26. The summed E-state index contributed by atoms with van der Waals surface area (Å²) in [5, 5.41) is 5.49. The highest BCUT2D eigenvalue weighted by Crippen LogP contribution is 2.22. The van der Waals surface area contributed by atoms with Crippen molar-refractivity contribution in [3.63, 3.8) is 0 Å². The van der Waals surface area contributed by atoms with Gasteiger partial charge in [-0.3, -0.25) is 0 Å². The third-order valence-electron chi connectivity index (χ3n) is 3.53. The van der Waals surface area contributed by atoms with Gasteiger partial charge in [0.2, 0.25) is 0 Å². The number of aromatic amines is 2. The molecule has 0 saturated carbocycles. The third kappa shape index (κ3) is 2.57. The molecule has 3 aromatic rings. The zero-order chi connectivity index (χ0) is 13.9. The molecule has 0 amide bonds. The largest absolute Gasteiger partial charge is 0.361 e. The van der Waals surface area contributed by atoms with Crippen LogP contribution in [-0.2, 0) is 6.54 Å². The molecule has 3 rings (SSSR count). The summed E-state index contributed by atoms with van der Waals surface area (Å²) in [6.07, 6.45) is 6.66. The van der Waals surface area contributed by atoms with Gasteiger partial charge in [-0.1, -0.05) is 24.6 Å². The van der Waals surface area contributed by atoms with Gasteiger partial charge in [-0.15, -0.1) is 0 Å². The number of nitrogens with one attached hydrogen (secondary N) is 3. The van der Waals surface area contributed by atoms with E-state index in [1.165, 1.54) is 10.9 Å². The molecule has 20 heavy (non-hydrogen) atoms. The number of halogens is 1. The molecule has 2 heterocycles. The highest BCUT2D eigenvalue weighted by atomic mass is 35.5. The maximum Gasteiger partial charge on any atom is 0.123 e. The molecular formula is C15H17ClN4. The van der Waals surface area contributed by atoms with E-state index in [2.05, 4.69) is 33.3 Å². The number of imidazole rings is 1. The summed E-state index contributed by atoms with van der Waals surface area (Å²) < 4.78 is 0. The van der Waals surface area contributed by atoms with Gasteiger partial charge < -0.3 is 15.3 Å². The van der Waals surface area contributed by atoms with E-state index in [9.17, 15) is 0 Å². The molecule has 0 bridgehead atoms. The molecule has 0 aliphatic heterocycles. The summed E-state index contributed by atoms with van der Waals surface area (Å²) >= 11 is 6.00. The van der Waals surface area contributed by atoms with Gasteiger partial charge in [0, 0.05) is 41.1 Å². The Morgan fingerprint density at radius 1 is 1.35 bits per heavy atom. The van der Waals surface area contributed by atoms with Crippen molar-refractivity contribution in [2.24, 2.45) is 0 Å². The Bertz CT molecular complexity index is 687. The van der Waals surface area contributed by atoms with Gasteiger partial charge in [-0.2, -0.15) is 0 Å². The Morgan fingerprint density at radius 2 is 2.25 bits per heavy atom. The fraction of sp³-hybridized carbons (Fsp3) is 0.267. The number of hydrogen-bond acceptors (Lipinski definition) is 2. The summed E-state index contributed by atoms with van der Waals surface area (Å²) in [6, 6.07) is 6.16. The number of hydrogen-bond donors (Lipinski definition) is 3. The van der Waals surface area contributed by atoms with E-state index in [1.807, 2.05) is 24.5 Å². The van der Waals surface area contributed by atoms with Crippen molar-refractivity contribution >= 4 is 22.5 Å². The third-order valence-corrected chi connectivity index (χ3v) is 3.76.